The number of fused-ring (bicyclic) bond motifs is 1. The number of rotatable bonds is 7. The molecule has 1 aliphatic carbocycles. The van der Waals surface area contributed by atoms with Gasteiger partial charge in [-0.05, 0) is 67.1 Å². The molecule has 158 valence electrons. The lowest BCUT2D eigenvalue weighted by Crippen LogP contribution is -2.31. The summed E-state index contributed by atoms with van der Waals surface area (Å²) in [5.74, 6) is 1.12. The maximum atomic E-state index is 9.59. The van der Waals surface area contributed by atoms with Gasteiger partial charge < -0.3 is 10.1 Å². The predicted octanol–water partition coefficient (Wildman–Crippen LogP) is 5.97. The Hall–Kier alpha value is -1.75. The summed E-state index contributed by atoms with van der Waals surface area (Å²) in [6.45, 7) is 2.24. The van der Waals surface area contributed by atoms with Crippen LogP contribution in [0.5, 0.6) is 0 Å². The van der Waals surface area contributed by atoms with Crippen LogP contribution in [0.4, 0.5) is 0 Å². The van der Waals surface area contributed by atoms with E-state index in [1.807, 2.05) is 0 Å². The molecule has 1 atom stereocenters. The van der Waals surface area contributed by atoms with E-state index in [0.29, 0.717) is 6.04 Å². The minimum absolute atomic E-state index is 0.264. The summed E-state index contributed by atoms with van der Waals surface area (Å²) in [5, 5.41) is 11.7. The number of hydrogen-bond donors (Lipinski definition) is 2. The van der Waals surface area contributed by atoms with E-state index in [1.54, 1.807) is 0 Å². The van der Waals surface area contributed by atoms with Crippen LogP contribution in [0.15, 0.2) is 48.5 Å². The second-order valence-electron chi connectivity index (χ2n) is 8.96. The van der Waals surface area contributed by atoms with Gasteiger partial charge in [-0.3, -0.25) is 4.90 Å². The van der Waals surface area contributed by atoms with E-state index < -0.39 is 0 Å². The SMILES string of the molecule is OC[C@H]1CCCN1Cc1cc2cc(-c3cccc(CSC4CCCC4)c3)ccc2[nH]1. The predicted molar refractivity (Wildman–Crippen MR) is 128 cm³/mol. The van der Waals surface area contributed by atoms with Crippen LogP contribution in [0.1, 0.15) is 49.8 Å². The maximum absolute atomic E-state index is 9.59. The van der Waals surface area contributed by atoms with Crippen LogP contribution in [0.3, 0.4) is 0 Å². The molecule has 2 fully saturated rings. The Balaban J connectivity index is 1.31. The third kappa shape index (κ3) is 4.46. The van der Waals surface area contributed by atoms with E-state index in [1.165, 1.54) is 65.4 Å². The monoisotopic (exact) mass is 420 g/mol. The standard InChI is InChI=1S/C26H32N2OS/c29-17-24-7-4-12-28(24)16-23-15-22-14-21(10-11-26(22)27-23)20-6-3-5-19(13-20)18-30-25-8-1-2-9-25/h3,5-6,10-11,13-15,24-25,27,29H,1-2,4,7-9,12,16-18H2/t24-/m1/s1. The van der Waals surface area contributed by atoms with Gasteiger partial charge in [-0.25, -0.2) is 0 Å². The zero-order chi connectivity index (χ0) is 20.3. The number of H-pyrrole nitrogens is 1. The first-order valence-electron chi connectivity index (χ1n) is 11.5. The molecule has 4 heteroatoms. The number of likely N-dealkylation sites (tertiary alicyclic amines) is 1. The van der Waals surface area contributed by atoms with E-state index in [9.17, 15) is 5.11 Å². The zero-order valence-corrected chi connectivity index (χ0v) is 18.5. The van der Waals surface area contributed by atoms with Gasteiger partial charge in [0.25, 0.3) is 0 Å². The van der Waals surface area contributed by atoms with Crippen molar-refractivity contribution < 1.29 is 5.11 Å². The fourth-order valence-electron chi connectivity index (χ4n) is 5.10. The molecule has 1 aliphatic heterocycles. The lowest BCUT2D eigenvalue weighted by atomic mass is 10.0. The van der Waals surface area contributed by atoms with Crippen molar-refractivity contribution in [1.29, 1.82) is 0 Å². The Bertz CT molecular complexity index is 992. The average molecular weight is 421 g/mol. The third-order valence-electron chi connectivity index (χ3n) is 6.81. The van der Waals surface area contributed by atoms with Crippen molar-refractivity contribution in [3.63, 3.8) is 0 Å². The summed E-state index contributed by atoms with van der Waals surface area (Å²) in [7, 11) is 0. The van der Waals surface area contributed by atoms with E-state index in [0.717, 1.165) is 30.5 Å². The topological polar surface area (TPSA) is 39.3 Å². The summed E-state index contributed by atoms with van der Waals surface area (Å²) >= 11 is 2.14. The Kier molecular flexibility index (Phi) is 6.17. The molecule has 0 radical (unpaired) electrons. The number of aromatic amines is 1. The molecule has 2 N–H and O–H groups in total. The molecule has 0 unspecified atom stereocenters. The first-order chi connectivity index (χ1) is 14.8. The van der Waals surface area contributed by atoms with Crippen molar-refractivity contribution in [3.8, 4) is 11.1 Å². The molecule has 2 heterocycles. The van der Waals surface area contributed by atoms with Gasteiger partial charge in [-0.15, -0.1) is 0 Å². The molecule has 5 rings (SSSR count). The average Bonchev–Trinajstić information content (AvgIpc) is 3.52. The summed E-state index contributed by atoms with van der Waals surface area (Å²) in [6, 6.07) is 18.4. The first-order valence-corrected chi connectivity index (χ1v) is 12.5. The van der Waals surface area contributed by atoms with Crippen LogP contribution in [0.25, 0.3) is 22.0 Å². The number of aliphatic hydroxyl groups is 1. The summed E-state index contributed by atoms with van der Waals surface area (Å²) in [4.78, 5) is 5.98. The summed E-state index contributed by atoms with van der Waals surface area (Å²) in [6.07, 6.45) is 7.91. The fraction of sp³-hybridized carbons (Fsp3) is 0.462. The molecule has 2 aliphatic rings. The molecule has 1 saturated carbocycles. The van der Waals surface area contributed by atoms with Crippen LogP contribution in [-0.4, -0.2) is 39.4 Å². The number of nitrogens with one attached hydrogen (secondary N) is 1. The third-order valence-corrected chi connectivity index (χ3v) is 8.25. The number of hydrogen-bond acceptors (Lipinski definition) is 3. The Morgan fingerprint density at radius 2 is 1.83 bits per heavy atom. The number of nitrogens with zero attached hydrogens (tertiary/aromatic N) is 1. The second-order valence-corrected chi connectivity index (χ2v) is 10.3. The summed E-state index contributed by atoms with van der Waals surface area (Å²) in [5.41, 5.74) is 6.47. The van der Waals surface area contributed by atoms with E-state index >= 15 is 0 Å². The van der Waals surface area contributed by atoms with Gasteiger partial charge in [-0.2, -0.15) is 11.8 Å². The highest BCUT2D eigenvalue weighted by Crippen LogP contribution is 2.33. The normalized spacial score (nSPS) is 20.5. The van der Waals surface area contributed by atoms with Crippen molar-refractivity contribution in [2.24, 2.45) is 0 Å². The minimum Gasteiger partial charge on any atom is -0.395 e. The minimum atomic E-state index is 0.264. The van der Waals surface area contributed by atoms with Gasteiger partial charge in [-0.1, -0.05) is 43.2 Å². The highest BCUT2D eigenvalue weighted by molar-refractivity contribution is 7.99. The van der Waals surface area contributed by atoms with Gasteiger partial charge in [0.1, 0.15) is 0 Å². The smallest absolute Gasteiger partial charge is 0.0587 e. The Labute approximate surface area is 183 Å². The highest BCUT2D eigenvalue weighted by atomic mass is 32.2. The number of aliphatic hydroxyl groups excluding tert-OH is 1. The molecule has 0 amide bonds. The van der Waals surface area contributed by atoms with Crippen LogP contribution in [0, 0.1) is 0 Å². The second kappa shape index (κ2) is 9.17. The molecule has 0 bridgehead atoms. The molecule has 30 heavy (non-hydrogen) atoms. The largest absolute Gasteiger partial charge is 0.395 e. The van der Waals surface area contributed by atoms with Crippen molar-refractivity contribution in [1.82, 2.24) is 9.88 Å². The lowest BCUT2D eigenvalue weighted by Gasteiger charge is -2.21. The maximum Gasteiger partial charge on any atom is 0.0587 e. The van der Waals surface area contributed by atoms with Gasteiger partial charge in [0.15, 0.2) is 0 Å². The molecule has 1 aromatic heterocycles. The van der Waals surface area contributed by atoms with Crippen LogP contribution >= 0.6 is 11.8 Å². The van der Waals surface area contributed by atoms with Crippen molar-refractivity contribution in [3.05, 3.63) is 59.8 Å². The van der Waals surface area contributed by atoms with E-state index in [-0.39, 0.29) is 6.61 Å². The van der Waals surface area contributed by atoms with Gasteiger partial charge >= 0.3 is 0 Å². The zero-order valence-electron chi connectivity index (χ0n) is 17.6. The molecule has 0 spiro atoms. The molecule has 2 aromatic carbocycles. The number of benzene rings is 2. The number of aromatic nitrogens is 1. The highest BCUT2D eigenvalue weighted by Gasteiger charge is 2.24. The van der Waals surface area contributed by atoms with Gasteiger partial charge in [0.2, 0.25) is 0 Å². The van der Waals surface area contributed by atoms with Gasteiger partial charge in [0.05, 0.1) is 6.61 Å². The van der Waals surface area contributed by atoms with Crippen LogP contribution < -0.4 is 0 Å². The number of thioether (sulfide) groups is 1. The molecule has 3 aromatic rings. The molecular weight excluding hydrogens is 388 g/mol. The Morgan fingerprint density at radius 1 is 0.967 bits per heavy atom. The van der Waals surface area contributed by atoms with Crippen molar-refractivity contribution >= 4 is 22.7 Å². The van der Waals surface area contributed by atoms with Crippen molar-refractivity contribution in [2.45, 2.75) is 62.1 Å². The van der Waals surface area contributed by atoms with Gasteiger partial charge in [0, 0.05) is 40.2 Å². The fourth-order valence-corrected chi connectivity index (χ4v) is 6.37. The quantitative estimate of drug-likeness (QED) is 0.495. The van der Waals surface area contributed by atoms with E-state index in [4.69, 9.17) is 0 Å². The Morgan fingerprint density at radius 3 is 2.70 bits per heavy atom. The lowest BCUT2D eigenvalue weighted by molar-refractivity contribution is 0.152. The molecule has 3 nitrogen and oxygen atoms in total. The molecule has 1 saturated heterocycles. The van der Waals surface area contributed by atoms with Crippen LogP contribution in [0.2, 0.25) is 0 Å². The molecular formula is C26H32N2OS. The van der Waals surface area contributed by atoms with E-state index in [2.05, 4.69) is 70.2 Å². The van der Waals surface area contributed by atoms with Crippen LogP contribution in [-0.2, 0) is 12.3 Å². The first kappa shape index (κ1) is 20.2. The summed E-state index contributed by atoms with van der Waals surface area (Å²) < 4.78 is 0. The van der Waals surface area contributed by atoms with Crippen molar-refractivity contribution in [2.75, 3.05) is 13.2 Å².